The zero-order valence-electron chi connectivity index (χ0n) is 12.0. The normalized spacial score (nSPS) is 15.3. The van der Waals surface area contributed by atoms with E-state index in [1.165, 1.54) is 0 Å². The summed E-state index contributed by atoms with van der Waals surface area (Å²) in [6, 6.07) is 9.69. The standard InChI is InChI=1S/C16H17N3O3/c20-14(16(6-7-16)15(21)22)17-10-12-2-4-13(5-3-12)11-19-9-1-8-18-19/h1-5,8-9H,6-7,10-11H2,(H,17,20)(H,21,22). The number of hydrogen-bond acceptors (Lipinski definition) is 3. The molecule has 0 unspecified atom stereocenters. The van der Waals surface area contributed by atoms with Crippen molar-refractivity contribution in [1.82, 2.24) is 15.1 Å². The molecule has 0 atom stereocenters. The molecule has 0 saturated heterocycles. The number of nitrogens with zero attached hydrogens (tertiary/aromatic N) is 2. The Hall–Kier alpha value is -2.63. The van der Waals surface area contributed by atoms with E-state index in [9.17, 15) is 9.59 Å². The molecule has 1 amide bonds. The van der Waals surface area contributed by atoms with Crippen molar-refractivity contribution in [3.8, 4) is 0 Å². The van der Waals surface area contributed by atoms with E-state index in [0.717, 1.165) is 11.1 Å². The summed E-state index contributed by atoms with van der Waals surface area (Å²) in [7, 11) is 0. The van der Waals surface area contributed by atoms with Gasteiger partial charge in [-0.05, 0) is 30.0 Å². The summed E-state index contributed by atoms with van der Waals surface area (Å²) < 4.78 is 1.83. The molecule has 1 aromatic heterocycles. The maximum Gasteiger partial charge on any atom is 0.319 e. The zero-order valence-corrected chi connectivity index (χ0v) is 12.0. The number of carboxylic acid groups (broad SMARTS) is 1. The van der Waals surface area contributed by atoms with Crippen LogP contribution >= 0.6 is 0 Å². The lowest BCUT2D eigenvalue weighted by molar-refractivity contribution is -0.149. The summed E-state index contributed by atoms with van der Waals surface area (Å²) in [5.74, 6) is -1.42. The van der Waals surface area contributed by atoms with Crippen molar-refractivity contribution >= 4 is 11.9 Å². The van der Waals surface area contributed by atoms with E-state index in [1.807, 2.05) is 41.2 Å². The van der Waals surface area contributed by atoms with E-state index in [0.29, 0.717) is 25.9 Å². The molecule has 0 aliphatic heterocycles. The molecule has 2 aromatic rings. The quantitative estimate of drug-likeness (QED) is 0.790. The van der Waals surface area contributed by atoms with Crippen LogP contribution in [0, 0.1) is 5.41 Å². The van der Waals surface area contributed by atoms with Gasteiger partial charge in [0.15, 0.2) is 0 Å². The van der Waals surface area contributed by atoms with Crippen molar-refractivity contribution in [3.63, 3.8) is 0 Å². The number of aliphatic carboxylic acids is 1. The third kappa shape index (κ3) is 2.86. The number of benzene rings is 1. The first-order chi connectivity index (χ1) is 10.6. The van der Waals surface area contributed by atoms with Crippen molar-refractivity contribution < 1.29 is 14.7 Å². The van der Waals surface area contributed by atoms with Crippen molar-refractivity contribution in [2.75, 3.05) is 0 Å². The Kier molecular flexibility index (Phi) is 3.66. The van der Waals surface area contributed by atoms with Gasteiger partial charge in [0.2, 0.25) is 5.91 Å². The van der Waals surface area contributed by atoms with Crippen LogP contribution in [0.25, 0.3) is 0 Å². The van der Waals surface area contributed by atoms with Gasteiger partial charge in [-0.25, -0.2) is 0 Å². The van der Waals surface area contributed by atoms with Gasteiger partial charge in [0.05, 0.1) is 6.54 Å². The second kappa shape index (κ2) is 5.63. The Morgan fingerprint density at radius 2 is 1.91 bits per heavy atom. The van der Waals surface area contributed by atoms with Crippen molar-refractivity contribution in [2.45, 2.75) is 25.9 Å². The molecule has 1 aromatic carbocycles. The third-order valence-corrected chi connectivity index (χ3v) is 3.97. The minimum absolute atomic E-state index is 0.343. The fraction of sp³-hybridized carbons (Fsp3) is 0.312. The van der Waals surface area contributed by atoms with Crippen LogP contribution in [0.3, 0.4) is 0 Å². The molecule has 1 aliphatic rings. The van der Waals surface area contributed by atoms with Crippen LogP contribution in [0.1, 0.15) is 24.0 Å². The predicted molar refractivity (Wildman–Crippen MR) is 78.9 cm³/mol. The number of hydrogen-bond donors (Lipinski definition) is 2. The van der Waals surface area contributed by atoms with E-state index in [1.54, 1.807) is 6.20 Å². The smallest absolute Gasteiger partial charge is 0.319 e. The van der Waals surface area contributed by atoms with Gasteiger partial charge in [-0.3, -0.25) is 14.3 Å². The summed E-state index contributed by atoms with van der Waals surface area (Å²) in [5, 5.41) is 15.9. The number of amides is 1. The summed E-state index contributed by atoms with van der Waals surface area (Å²) in [5.41, 5.74) is 0.877. The largest absolute Gasteiger partial charge is 0.480 e. The van der Waals surface area contributed by atoms with E-state index in [2.05, 4.69) is 10.4 Å². The van der Waals surface area contributed by atoms with Crippen molar-refractivity contribution in [2.24, 2.45) is 5.41 Å². The van der Waals surface area contributed by atoms with Gasteiger partial charge < -0.3 is 10.4 Å². The van der Waals surface area contributed by atoms with Crippen LogP contribution in [0.5, 0.6) is 0 Å². The number of nitrogens with one attached hydrogen (secondary N) is 1. The van der Waals surface area contributed by atoms with Gasteiger partial charge in [0.25, 0.3) is 0 Å². The number of carbonyl (C=O) groups is 2. The molecule has 0 bridgehead atoms. The molecule has 6 nitrogen and oxygen atoms in total. The lowest BCUT2D eigenvalue weighted by atomic mass is 10.1. The SMILES string of the molecule is O=C(O)C1(C(=O)NCc2ccc(Cn3cccn3)cc2)CC1. The van der Waals surface area contributed by atoms with Crippen LogP contribution in [-0.4, -0.2) is 26.8 Å². The van der Waals surface area contributed by atoms with Gasteiger partial charge >= 0.3 is 5.97 Å². The Morgan fingerprint density at radius 1 is 1.23 bits per heavy atom. The molecule has 0 radical (unpaired) electrons. The third-order valence-electron chi connectivity index (χ3n) is 3.97. The van der Waals surface area contributed by atoms with E-state index in [-0.39, 0.29) is 5.91 Å². The first-order valence-electron chi connectivity index (χ1n) is 7.17. The van der Waals surface area contributed by atoms with Crippen LogP contribution in [0.4, 0.5) is 0 Å². The lowest BCUT2D eigenvalue weighted by Gasteiger charge is -2.11. The average molecular weight is 299 g/mol. The average Bonchev–Trinajstić information content (AvgIpc) is 3.19. The highest BCUT2D eigenvalue weighted by atomic mass is 16.4. The second-order valence-corrected chi connectivity index (χ2v) is 5.59. The molecule has 0 spiro atoms. The first-order valence-corrected chi connectivity index (χ1v) is 7.17. The van der Waals surface area contributed by atoms with Gasteiger partial charge in [-0.15, -0.1) is 0 Å². The van der Waals surface area contributed by atoms with Gasteiger partial charge in [-0.1, -0.05) is 24.3 Å². The summed E-state index contributed by atoms with van der Waals surface area (Å²) in [4.78, 5) is 23.0. The lowest BCUT2D eigenvalue weighted by Crippen LogP contribution is -2.36. The number of carboxylic acids is 1. The fourth-order valence-electron chi connectivity index (χ4n) is 2.36. The maximum absolute atomic E-state index is 11.9. The number of rotatable bonds is 6. The molecule has 2 N–H and O–H groups in total. The zero-order chi connectivity index (χ0) is 15.6. The summed E-state index contributed by atoms with van der Waals surface area (Å²) in [6.45, 7) is 1.04. The highest BCUT2D eigenvalue weighted by Gasteiger charge is 2.56. The number of carbonyl (C=O) groups excluding carboxylic acids is 1. The Labute approximate surface area is 127 Å². The monoisotopic (exact) mass is 299 g/mol. The van der Waals surface area contributed by atoms with Crippen LogP contribution in [-0.2, 0) is 22.7 Å². The molecule has 1 saturated carbocycles. The van der Waals surface area contributed by atoms with Gasteiger partial charge in [0, 0.05) is 18.9 Å². The van der Waals surface area contributed by atoms with Crippen LogP contribution in [0.15, 0.2) is 42.7 Å². The van der Waals surface area contributed by atoms with E-state index >= 15 is 0 Å². The Bertz CT molecular complexity index is 673. The van der Waals surface area contributed by atoms with Crippen molar-refractivity contribution in [3.05, 3.63) is 53.9 Å². The molecular weight excluding hydrogens is 282 g/mol. The molecule has 1 heterocycles. The summed E-state index contributed by atoms with van der Waals surface area (Å²) in [6.07, 6.45) is 4.49. The molecule has 1 aliphatic carbocycles. The Balaban J connectivity index is 1.55. The first kappa shape index (κ1) is 14.3. The molecule has 6 heteroatoms. The Morgan fingerprint density at radius 3 is 2.45 bits per heavy atom. The molecule has 114 valence electrons. The second-order valence-electron chi connectivity index (χ2n) is 5.59. The molecular formula is C16H17N3O3. The maximum atomic E-state index is 11.9. The molecule has 1 fully saturated rings. The van der Waals surface area contributed by atoms with Gasteiger partial charge in [0.1, 0.15) is 5.41 Å². The highest BCUT2D eigenvalue weighted by molar-refractivity contribution is 6.04. The minimum atomic E-state index is -1.18. The van der Waals surface area contributed by atoms with Gasteiger partial charge in [-0.2, -0.15) is 5.10 Å². The number of aromatic nitrogens is 2. The predicted octanol–water partition coefficient (Wildman–Crippen LogP) is 1.41. The molecule has 22 heavy (non-hydrogen) atoms. The summed E-state index contributed by atoms with van der Waals surface area (Å²) >= 11 is 0. The van der Waals surface area contributed by atoms with E-state index in [4.69, 9.17) is 5.11 Å². The topological polar surface area (TPSA) is 84.2 Å². The van der Waals surface area contributed by atoms with Crippen molar-refractivity contribution in [1.29, 1.82) is 0 Å². The van der Waals surface area contributed by atoms with Crippen LogP contribution < -0.4 is 5.32 Å². The fourth-order valence-corrected chi connectivity index (χ4v) is 2.36. The highest BCUT2D eigenvalue weighted by Crippen LogP contribution is 2.46. The molecule has 3 rings (SSSR count). The van der Waals surface area contributed by atoms with Crippen LogP contribution in [0.2, 0.25) is 0 Å². The minimum Gasteiger partial charge on any atom is -0.480 e. The van der Waals surface area contributed by atoms with E-state index < -0.39 is 11.4 Å².